The lowest BCUT2D eigenvalue weighted by molar-refractivity contribution is 0.0639. The van der Waals surface area contributed by atoms with Crippen molar-refractivity contribution in [3.05, 3.63) is 58.1 Å². The van der Waals surface area contributed by atoms with Gasteiger partial charge in [-0.05, 0) is 61.6 Å². The lowest BCUT2D eigenvalue weighted by Crippen LogP contribution is -2.22. The molecule has 4 nitrogen and oxygen atoms in total. The van der Waals surface area contributed by atoms with Crippen molar-refractivity contribution >= 4 is 17.5 Å². The summed E-state index contributed by atoms with van der Waals surface area (Å²) in [6.45, 7) is 2.40. The van der Waals surface area contributed by atoms with Crippen LogP contribution in [0, 0.1) is 17.6 Å². The molecule has 1 fully saturated rings. The Morgan fingerprint density at radius 2 is 1.86 bits per heavy atom. The van der Waals surface area contributed by atoms with Crippen LogP contribution in [0.1, 0.15) is 35.2 Å². The minimum atomic E-state index is -0.636. The van der Waals surface area contributed by atoms with E-state index in [9.17, 15) is 13.6 Å². The first-order valence-corrected chi connectivity index (χ1v) is 9.69. The summed E-state index contributed by atoms with van der Waals surface area (Å²) in [5, 5.41) is 3.33. The molecule has 1 aliphatic rings. The minimum absolute atomic E-state index is 0.000561. The zero-order valence-corrected chi connectivity index (χ0v) is 16.2. The zero-order chi connectivity index (χ0) is 20.1. The first kappa shape index (κ1) is 20.7. The molecule has 0 bridgehead atoms. The van der Waals surface area contributed by atoms with Crippen LogP contribution in [0.5, 0.6) is 0 Å². The van der Waals surface area contributed by atoms with E-state index in [1.165, 1.54) is 30.3 Å². The molecular formula is C21H23ClF2N2O2. The van der Waals surface area contributed by atoms with Gasteiger partial charge in [0.15, 0.2) is 0 Å². The molecule has 0 unspecified atom stereocenters. The van der Waals surface area contributed by atoms with Gasteiger partial charge in [-0.15, -0.1) is 0 Å². The molecule has 3 rings (SSSR count). The second kappa shape index (κ2) is 9.45. The summed E-state index contributed by atoms with van der Waals surface area (Å²) in [4.78, 5) is 11.2. The minimum Gasteiger partial charge on any atom is -0.381 e. The van der Waals surface area contributed by atoms with Crippen LogP contribution in [0.15, 0.2) is 30.3 Å². The van der Waals surface area contributed by atoms with Crippen molar-refractivity contribution in [2.45, 2.75) is 25.8 Å². The molecule has 0 saturated carbocycles. The van der Waals surface area contributed by atoms with Crippen LogP contribution in [0.3, 0.4) is 0 Å². The van der Waals surface area contributed by atoms with Gasteiger partial charge < -0.3 is 15.8 Å². The standard InChI is InChI=1S/C21H23ClF2N2O2/c22-18-9-14(21(25)27)1-2-16(18)15-10-19(23)17(20(24)11-15)12-26-6-3-13-4-7-28-8-5-13/h1-2,9-11,13,26H,3-8,12H2,(H2,25,27). The molecule has 0 aliphatic carbocycles. The average molecular weight is 409 g/mol. The maximum absolute atomic E-state index is 14.5. The number of nitrogens with two attached hydrogens (primary N) is 1. The molecule has 1 heterocycles. The summed E-state index contributed by atoms with van der Waals surface area (Å²) in [7, 11) is 0. The molecule has 0 atom stereocenters. The maximum atomic E-state index is 14.5. The van der Waals surface area contributed by atoms with Gasteiger partial charge in [-0.1, -0.05) is 17.7 Å². The van der Waals surface area contributed by atoms with Crippen LogP contribution < -0.4 is 11.1 Å². The quantitative estimate of drug-likeness (QED) is 0.672. The zero-order valence-electron chi connectivity index (χ0n) is 15.4. The fourth-order valence-corrected chi connectivity index (χ4v) is 3.67. The molecule has 1 amide bonds. The van der Waals surface area contributed by atoms with Crippen LogP contribution >= 0.6 is 11.6 Å². The fourth-order valence-electron chi connectivity index (χ4n) is 3.38. The monoisotopic (exact) mass is 408 g/mol. The highest BCUT2D eigenvalue weighted by Crippen LogP contribution is 2.31. The number of rotatable bonds is 7. The molecule has 2 aromatic rings. The first-order valence-electron chi connectivity index (χ1n) is 9.32. The van der Waals surface area contributed by atoms with E-state index in [1.54, 1.807) is 0 Å². The SMILES string of the molecule is NC(=O)c1ccc(-c2cc(F)c(CNCCC3CCOCC3)c(F)c2)c(Cl)c1. The smallest absolute Gasteiger partial charge is 0.248 e. The average Bonchev–Trinajstić information content (AvgIpc) is 2.67. The van der Waals surface area contributed by atoms with E-state index in [4.69, 9.17) is 22.1 Å². The molecule has 0 aromatic heterocycles. The predicted octanol–water partition coefficient (Wildman–Crippen LogP) is 4.29. The number of primary amides is 1. The van der Waals surface area contributed by atoms with E-state index < -0.39 is 17.5 Å². The normalized spacial score (nSPS) is 15.0. The number of carbonyl (C=O) groups excluding carboxylic acids is 1. The Hall–Kier alpha value is -2.02. The fraction of sp³-hybridized carbons (Fsp3) is 0.381. The van der Waals surface area contributed by atoms with Gasteiger partial charge in [0.25, 0.3) is 0 Å². The van der Waals surface area contributed by atoms with Crippen molar-refractivity contribution in [3.8, 4) is 11.1 Å². The van der Waals surface area contributed by atoms with Gasteiger partial charge in [-0.25, -0.2) is 8.78 Å². The second-order valence-corrected chi connectivity index (χ2v) is 7.41. The molecule has 0 spiro atoms. The lowest BCUT2D eigenvalue weighted by Gasteiger charge is -2.22. The Morgan fingerprint density at radius 3 is 2.46 bits per heavy atom. The van der Waals surface area contributed by atoms with Crippen molar-refractivity contribution < 1.29 is 18.3 Å². The molecule has 0 radical (unpaired) electrons. The molecule has 1 saturated heterocycles. The summed E-state index contributed by atoms with van der Waals surface area (Å²) in [6.07, 6.45) is 3.04. The van der Waals surface area contributed by atoms with Gasteiger partial charge in [0, 0.05) is 41.5 Å². The summed E-state index contributed by atoms with van der Waals surface area (Å²) >= 11 is 6.15. The predicted molar refractivity (Wildman–Crippen MR) is 105 cm³/mol. The molecular weight excluding hydrogens is 386 g/mol. The summed E-state index contributed by atoms with van der Waals surface area (Å²) < 4.78 is 34.3. The van der Waals surface area contributed by atoms with Crippen LogP contribution in [0.25, 0.3) is 11.1 Å². The number of carbonyl (C=O) groups is 1. The molecule has 2 aromatic carbocycles. The maximum Gasteiger partial charge on any atom is 0.248 e. The van der Waals surface area contributed by atoms with E-state index in [0.717, 1.165) is 32.5 Å². The highest BCUT2D eigenvalue weighted by atomic mass is 35.5. The number of ether oxygens (including phenoxy) is 1. The van der Waals surface area contributed by atoms with E-state index in [0.29, 0.717) is 23.6 Å². The van der Waals surface area contributed by atoms with Crippen LogP contribution in [0.2, 0.25) is 5.02 Å². The Labute approximate surface area is 168 Å². The van der Waals surface area contributed by atoms with Crippen molar-refractivity contribution in [1.82, 2.24) is 5.32 Å². The van der Waals surface area contributed by atoms with Crippen molar-refractivity contribution in [2.75, 3.05) is 19.8 Å². The van der Waals surface area contributed by atoms with Crippen molar-refractivity contribution in [1.29, 1.82) is 0 Å². The number of amides is 1. The van der Waals surface area contributed by atoms with E-state index in [2.05, 4.69) is 5.32 Å². The largest absolute Gasteiger partial charge is 0.381 e. The second-order valence-electron chi connectivity index (χ2n) is 7.00. The molecule has 28 heavy (non-hydrogen) atoms. The lowest BCUT2D eigenvalue weighted by atomic mass is 9.96. The van der Waals surface area contributed by atoms with Crippen LogP contribution in [-0.4, -0.2) is 25.7 Å². The molecule has 150 valence electrons. The van der Waals surface area contributed by atoms with Gasteiger partial charge in [0.05, 0.1) is 0 Å². The number of halogens is 3. The number of hydrogen-bond donors (Lipinski definition) is 2. The van der Waals surface area contributed by atoms with Gasteiger partial charge in [0.2, 0.25) is 5.91 Å². The third kappa shape index (κ3) is 5.07. The Morgan fingerprint density at radius 1 is 1.18 bits per heavy atom. The summed E-state index contributed by atoms with van der Waals surface area (Å²) in [5.74, 6) is -1.29. The molecule has 7 heteroatoms. The van der Waals surface area contributed by atoms with Gasteiger partial charge >= 0.3 is 0 Å². The van der Waals surface area contributed by atoms with Crippen LogP contribution in [-0.2, 0) is 11.3 Å². The Kier molecular flexibility index (Phi) is 6.99. The highest BCUT2D eigenvalue weighted by Gasteiger charge is 2.16. The molecule has 1 aliphatic heterocycles. The molecule has 3 N–H and O–H groups in total. The summed E-state index contributed by atoms with van der Waals surface area (Å²) in [5.41, 5.74) is 6.19. The number of nitrogens with one attached hydrogen (secondary N) is 1. The first-order chi connectivity index (χ1) is 13.5. The number of hydrogen-bond acceptors (Lipinski definition) is 3. The highest BCUT2D eigenvalue weighted by molar-refractivity contribution is 6.33. The van der Waals surface area contributed by atoms with Gasteiger partial charge in [-0.3, -0.25) is 4.79 Å². The topological polar surface area (TPSA) is 64.4 Å². The number of benzene rings is 2. The summed E-state index contributed by atoms with van der Waals surface area (Å²) in [6, 6.07) is 6.90. The van der Waals surface area contributed by atoms with Crippen molar-refractivity contribution in [2.24, 2.45) is 11.7 Å². The Bertz CT molecular complexity index is 831. The third-order valence-corrected chi connectivity index (χ3v) is 5.39. The van der Waals surface area contributed by atoms with Gasteiger partial charge in [0.1, 0.15) is 11.6 Å². The van der Waals surface area contributed by atoms with E-state index in [1.807, 2.05) is 0 Å². The Balaban J connectivity index is 1.66. The van der Waals surface area contributed by atoms with E-state index >= 15 is 0 Å². The van der Waals surface area contributed by atoms with Crippen LogP contribution in [0.4, 0.5) is 8.78 Å². The van der Waals surface area contributed by atoms with Crippen molar-refractivity contribution in [3.63, 3.8) is 0 Å². The van der Waals surface area contributed by atoms with Gasteiger partial charge in [-0.2, -0.15) is 0 Å². The third-order valence-electron chi connectivity index (χ3n) is 5.08. The van der Waals surface area contributed by atoms with E-state index in [-0.39, 0.29) is 22.7 Å².